The Morgan fingerprint density at radius 1 is 0.909 bits per heavy atom. The van der Waals surface area contributed by atoms with E-state index < -0.39 is 60.9 Å². The van der Waals surface area contributed by atoms with Gasteiger partial charge < -0.3 is 29.9 Å². The third-order valence-electron chi connectivity index (χ3n) is 3.49. The van der Waals surface area contributed by atoms with Gasteiger partial charge in [-0.3, -0.25) is 0 Å². The average Bonchev–Trinajstić information content (AvgIpc) is 2.78. The molecule has 8 nitrogen and oxygen atoms in total. The van der Waals surface area contributed by atoms with Crippen molar-refractivity contribution in [2.45, 2.75) is 49.6 Å². The van der Waals surface area contributed by atoms with Crippen molar-refractivity contribution in [2.24, 2.45) is 0 Å². The van der Waals surface area contributed by atoms with Crippen LogP contribution in [-0.2, 0) is 19.1 Å². The number of esters is 2. The van der Waals surface area contributed by atoms with Gasteiger partial charge >= 0.3 is 11.9 Å². The van der Waals surface area contributed by atoms with Crippen molar-refractivity contribution in [3.8, 4) is 0 Å². The Morgan fingerprint density at radius 3 is 1.27 bits per heavy atom. The molecule has 2 rings (SSSR count). The van der Waals surface area contributed by atoms with Gasteiger partial charge in [0.1, 0.15) is 12.2 Å². The van der Waals surface area contributed by atoms with E-state index in [4.69, 9.17) is 20.4 Å². The van der Waals surface area contributed by atoms with Gasteiger partial charge in [0.25, 0.3) is 0 Å². The van der Waals surface area contributed by atoms with Gasteiger partial charge in [-0.05, 0) is 13.8 Å². The number of hydrogen-bond acceptors (Lipinski definition) is 8. The van der Waals surface area contributed by atoms with E-state index in [1.807, 2.05) is 0 Å². The van der Waals surface area contributed by atoms with Crippen molar-refractivity contribution in [1.82, 2.24) is 0 Å². The number of aliphatic hydroxyl groups is 4. The summed E-state index contributed by atoms with van der Waals surface area (Å²) < 4.78 is 34.6. The van der Waals surface area contributed by atoms with Gasteiger partial charge in [0.15, 0.2) is 12.2 Å². The van der Waals surface area contributed by atoms with Gasteiger partial charge in [0, 0.05) is 0 Å². The summed E-state index contributed by atoms with van der Waals surface area (Å²) in [7, 11) is 0. The van der Waals surface area contributed by atoms with Gasteiger partial charge in [-0.2, -0.15) is 0 Å². The number of alkyl halides is 2. The van der Waals surface area contributed by atoms with Crippen LogP contribution in [0.4, 0.5) is 8.78 Å². The molecule has 2 saturated heterocycles. The molecule has 0 aromatic rings. The lowest BCUT2D eigenvalue weighted by atomic mass is 10.0. The highest BCUT2D eigenvalue weighted by Gasteiger charge is 2.55. The summed E-state index contributed by atoms with van der Waals surface area (Å²) in [5.74, 6) is -2.24. The molecule has 0 aromatic carbocycles. The number of rotatable bonds is 2. The van der Waals surface area contributed by atoms with Gasteiger partial charge in [-0.15, -0.1) is 0 Å². The third-order valence-corrected chi connectivity index (χ3v) is 3.49. The Hall–Kier alpha value is -1.36. The van der Waals surface area contributed by atoms with E-state index in [0.717, 1.165) is 13.8 Å². The maximum absolute atomic E-state index is 13.0. The van der Waals surface area contributed by atoms with Crippen molar-refractivity contribution in [3.05, 3.63) is 0 Å². The summed E-state index contributed by atoms with van der Waals surface area (Å²) >= 11 is 0. The molecule has 2 heterocycles. The molecule has 0 aromatic heterocycles. The second-order valence-corrected chi connectivity index (χ2v) is 5.29. The van der Waals surface area contributed by atoms with Gasteiger partial charge in [-0.1, -0.05) is 0 Å². The minimum atomic E-state index is -2.38. The SMILES string of the molecule is C[C@@]1(F)C(=O)O[C@H](CO)[C@H]1O.C[C@]1(F)C(=O)O[C@H](CO)[C@H]1O. The maximum Gasteiger partial charge on any atom is 0.346 e. The summed E-state index contributed by atoms with van der Waals surface area (Å²) in [6, 6.07) is 0. The van der Waals surface area contributed by atoms with Crippen molar-refractivity contribution in [1.29, 1.82) is 0 Å². The Balaban J connectivity index is 0.000000220. The molecular formula is C12H18F2O8. The van der Waals surface area contributed by atoms with Crippen molar-refractivity contribution in [3.63, 3.8) is 0 Å². The number of cyclic esters (lactones) is 2. The smallest absolute Gasteiger partial charge is 0.346 e. The van der Waals surface area contributed by atoms with E-state index >= 15 is 0 Å². The standard InChI is InChI=1S/2C6H9FO4/c2*1-6(7)4(9)3(2-8)11-5(6)10/h2*3-4,8-9H,2H2,1H3/t3-,4-,6+;3-,4-,6-/m11/s1. The lowest BCUT2D eigenvalue weighted by Crippen LogP contribution is -2.40. The minimum Gasteiger partial charge on any atom is -0.455 e. The fraction of sp³-hybridized carbons (Fsp3) is 0.833. The van der Waals surface area contributed by atoms with E-state index in [0.29, 0.717) is 0 Å². The summed E-state index contributed by atoms with van der Waals surface area (Å²) in [6.07, 6.45) is -5.39. The number of hydrogen-bond donors (Lipinski definition) is 4. The Morgan fingerprint density at radius 2 is 1.18 bits per heavy atom. The molecule has 0 radical (unpaired) electrons. The van der Waals surface area contributed by atoms with E-state index in [2.05, 4.69) is 9.47 Å². The number of carbonyl (C=O) groups is 2. The second-order valence-electron chi connectivity index (χ2n) is 5.29. The predicted molar refractivity (Wildman–Crippen MR) is 65.0 cm³/mol. The minimum absolute atomic E-state index is 0.563. The highest BCUT2D eigenvalue weighted by Crippen LogP contribution is 2.29. The molecule has 6 atom stereocenters. The van der Waals surface area contributed by atoms with Crippen LogP contribution in [0.1, 0.15) is 13.8 Å². The van der Waals surface area contributed by atoms with E-state index in [9.17, 15) is 18.4 Å². The zero-order chi connectivity index (χ0) is 17.3. The van der Waals surface area contributed by atoms with Crippen LogP contribution in [0.3, 0.4) is 0 Å². The zero-order valence-corrected chi connectivity index (χ0v) is 11.9. The summed E-state index contributed by atoms with van der Waals surface area (Å²) in [4.78, 5) is 21.2. The highest BCUT2D eigenvalue weighted by atomic mass is 19.1. The van der Waals surface area contributed by atoms with Crippen molar-refractivity contribution >= 4 is 11.9 Å². The van der Waals surface area contributed by atoms with Crippen LogP contribution in [0.5, 0.6) is 0 Å². The van der Waals surface area contributed by atoms with Crippen LogP contribution in [-0.4, -0.2) is 81.3 Å². The van der Waals surface area contributed by atoms with Crippen LogP contribution in [0.2, 0.25) is 0 Å². The molecule has 0 bridgehead atoms. The summed E-state index contributed by atoms with van der Waals surface area (Å²) in [6.45, 7) is 0.726. The van der Waals surface area contributed by atoms with Crippen molar-refractivity contribution < 1.29 is 48.3 Å². The quantitative estimate of drug-likeness (QED) is 0.427. The molecule has 4 N–H and O–H groups in total. The highest BCUT2D eigenvalue weighted by molar-refractivity contribution is 5.82. The van der Waals surface area contributed by atoms with Gasteiger partial charge in [0.05, 0.1) is 13.2 Å². The van der Waals surface area contributed by atoms with Crippen molar-refractivity contribution in [2.75, 3.05) is 13.2 Å². The first-order chi connectivity index (χ1) is 9.99. The number of halogens is 2. The predicted octanol–water partition coefficient (Wildman–Crippen LogP) is -2.01. The summed E-state index contributed by atoms with van der Waals surface area (Å²) in [5.41, 5.74) is -4.76. The average molecular weight is 328 g/mol. The first kappa shape index (κ1) is 18.7. The molecule has 0 amide bonds. The fourth-order valence-corrected chi connectivity index (χ4v) is 1.85. The molecule has 0 unspecified atom stereocenters. The Bertz CT molecular complexity index is 399. The van der Waals surface area contributed by atoms with Crippen LogP contribution >= 0.6 is 0 Å². The van der Waals surface area contributed by atoms with E-state index in [-0.39, 0.29) is 0 Å². The van der Waals surface area contributed by atoms with Gasteiger partial charge in [-0.25, -0.2) is 18.4 Å². The van der Waals surface area contributed by atoms with Crippen LogP contribution in [0.15, 0.2) is 0 Å². The van der Waals surface area contributed by atoms with Gasteiger partial charge in [0.2, 0.25) is 11.3 Å². The van der Waals surface area contributed by atoms with Crippen LogP contribution in [0, 0.1) is 0 Å². The molecule has 0 spiro atoms. The summed E-state index contributed by atoms with van der Waals surface area (Å²) in [5, 5.41) is 35.0. The molecule has 10 heteroatoms. The Labute approximate surface area is 124 Å². The number of carbonyl (C=O) groups excluding carboxylic acids is 2. The molecule has 2 aliphatic heterocycles. The first-order valence-electron chi connectivity index (χ1n) is 6.38. The lowest BCUT2D eigenvalue weighted by molar-refractivity contribution is -0.151. The second kappa shape index (κ2) is 6.41. The number of ether oxygens (including phenoxy) is 2. The van der Waals surface area contributed by atoms with Crippen LogP contribution in [0.25, 0.3) is 0 Å². The zero-order valence-electron chi connectivity index (χ0n) is 11.9. The normalized spacial score (nSPS) is 44.2. The third kappa shape index (κ3) is 3.19. The molecule has 128 valence electrons. The molecule has 2 fully saturated rings. The maximum atomic E-state index is 13.0. The molecule has 0 saturated carbocycles. The fourth-order valence-electron chi connectivity index (χ4n) is 1.85. The monoisotopic (exact) mass is 328 g/mol. The molecule has 22 heavy (non-hydrogen) atoms. The Kier molecular flexibility index (Phi) is 5.44. The molecule has 0 aliphatic carbocycles. The topological polar surface area (TPSA) is 134 Å². The first-order valence-corrected chi connectivity index (χ1v) is 6.38. The van der Waals surface area contributed by atoms with E-state index in [1.165, 1.54) is 0 Å². The van der Waals surface area contributed by atoms with Crippen LogP contribution < -0.4 is 0 Å². The number of aliphatic hydroxyl groups excluding tert-OH is 4. The lowest BCUT2D eigenvalue weighted by Gasteiger charge is -2.14. The molecule has 2 aliphatic rings. The van der Waals surface area contributed by atoms with E-state index in [1.54, 1.807) is 0 Å². The molecular weight excluding hydrogens is 310 g/mol. The largest absolute Gasteiger partial charge is 0.455 e.